The van der Waals surface area contributed by atoms with Crippen LogP contribution in [0, 0.1) is 0 Å². The molecule has 4 aromatic heterocycles. The van der Waals surface area contributed by atoms with Crippen LogP contribution in [-0.2, 0) is 6.54 Å². The molecule has 9 heteroatoms. The SMILES string of the molecule is Nc1ncccc1-c1nc2ccc(-c3ccc[nH]c3=O)nc2n1-c1ccc(CN2CCNCC2)cc1. The summed E-state index contributed by atoms with van der Waals surface area (Å²) in [6.45, 7) is 5.04. The van der Waals surface area contributed by atoms with Crippen LogP contribution < -0.4 is 16.6 Å². The Hall–Kier alpha value is -4.34. The highest BCUT2D eigenvalue weighted by Crippen LogP contribution is 2.31. The molecule has 0 unspecified atom stereocenters. The number of rotatable bonds is 5. The van der Waals surface area contributed by atoms with Crippen molar-refractivity contribution in [2.24, 2.45) is 0 Å². The van der Waals surface area contributed by atoms with Crippen molar-refractivity contribution in [1.82, 2.24) is 34.7 Å². The molecule has 0 radical (unpaired) electrons. The van der Waals surface area contributed by atoms with Crippen LogP contribution in [0.15, 0.2) is 77.9 Å². The first-order chi connectivity index (χ1) is 17.7. The van der Waals surface area contributed by atoms with Crippen molar-refractivity contribution >= 4 is 17.0 Å². The van der Waals surface area contributed by atoms with Gasteiger partial charge in [-0.15, -0.1) is 0 Å². The molecule has 1 aliphatic heterocycles. The lowest BCUT2D eigenvalue weighted by Crippen LogP contribution is -2.42. The number of imidazole rings is 1. The maximum absolute atomic E-state index is 12.4. The van der Waals surface area contributed by atoms with Crippen LogP contribution in [0.1, 0.15) is 5.56 Å². The molecule has 9 nitrogen and oxygen atoms in total. The molecule has 1 aliphatic rings. The number of anilines is 1. The van der Waals surface area contributed by atoms with Crippen molar-refractivity contribution in [3.8, 4) is 28.3 Å². The van der Waals surface area contributed by atoms with E-state index in [0.29, 0.717) is 34.1 Å². The first-order valence-electron chi connectivity index (χ1n) is 12.0. The number of aromatic nitrogens is 5. The van der Waals surface area contributed by atoms with Crippen LogP contribution in [0.2, 0.25) is 0 Å². The number of piperazine rings is 1. The number of H-pyrrole nitrogens is 1. The zero-order valence-electron chi connectivity index (χ0n) is 19.7. The summed E-state index contributed by atoms with van der Waals surface area (Å²) in [6.07, 6.45) is 3.27. The number of fused-ring (bicyclic) bond motifs is 1. The Bertz CT molecular complexity index is 1580. The number of nitrogens with zero attached hydrogens (tertiary/aromatic N) is 5. The van der Waals surface area contributed by atoms with Gasteiger partial charge in [-0.3, -0.25) is 14.3 Å². The van der Waals surface area contributed by atoms with Gasteiger partial charge in [0.25, 0.3) is 5.56 Å². The van der Waals surface area contributed by atoms with Crippen molar-refractivity contribution in [2.75, 3.05) is 31.9 Å². The van der Waals surface area contributed by atoms with Gasteiger partial charge in [-0.2, -0.15) is 0 Å². The Morgan fingerprint density at radius 1 is 0.917 bits per heavy atom. The minimum atomic E-state index is -0.190. The summed E-state index contributed by atoms with van der Waals surface area (Å²) in [5.41, 5.74) is 11.4. The second kappa shape index (κ2) is 9.37. The van der Waals surface area contributed by atoms with E-state index in [9.17, 15) is 4.79 Å². The lowest BCUT2D eigenvalue weighted by atomic mass is 10.1. The molecule has 0 atom stereocenters. The number of aromatic amines is 1. The second-order valence-electron chi connectivity index (χ2n) is 8.85. The molecular formula is C27H26N8O. The van der Waals surface area contributed by atoms with Gasteiger partial charge in [-0.1, -0.05) is 12.1 Å². The number of pyridine rings is 3. The molecule has 0 aliphatic carbocycles. The molecule has 1 fully saturated rings. The largest absolute Gasteiger partial charge is 0.383 e. The van der Waals surface area contributed by atoms with Gasteiger partial charge < -0.3 is 16.0 Å². The summed E-state index contributed by atoms with van der Waals surface area (Å²) in [6, 6.07) is 19.5. The molecule has 36 heavy (non-hydrogen) atoms. The van der Waals surface area contributed by atoms with Gasteiger partial charge in [-0.05, 0) is 54.1 Å². The van der Waals surface area contributed by atoms with E-state index in [2.05, 4.69) is 44.5 Å². The monoisotopic (exact) mass is 478 g/mol. The molecule has 0 amide bonds. The fraction of sp³-hybridized carbons (Fsp3) is 0.185. The number of hydrogen-bond donors (Lipinski definition) is 3. The average Bonchev–Trinajstić information content (AvgIpc) is 3.29. The second-order valence-corrected chi connectivity index (χ2v) is 8.85. The third-order valence-electron chi connectivity index (χ3n) is 6.49. The number of nitrogen functional groups attached to an aromatic ring is 1. The zero-order chi connectivity index (χ0) is 24.5. The lowest BCUT2D eigenvalue weighted by Gasteiger charge is -2.27. The van der Waals surface area contributed by atoms with Gasteiger partial charge in [-0.25, -0.2) is 15.0 Å². The van der Waals surface area contributed by atoms with E-state index in [4.69, 9.17) is 15.7 Å². The Kier molecular flexibility index (Phi) is 5.76. The van der Waals surface area contributed by atoms with E-state index in [1.54, 1.807) is 24.5 Å². The Morgan fingerprint density at radius 3 is 2.50 bits per heavy atom. The van der Waals surface area contributed by atoms with Crippen molar-refractivity contribution in [2.45, 2.75) is 6.54 Å². The lowest BCUT2D eigenvalue weighted by molar-refractivity contribution is 0.233. The van der Waals surface area contributed by atoms with Crippen molar-refractivity contribution in [1.29, 1.82) is 0 Å². The Balaban J connectivity index is 1.48. The van der Waals surface area contributed by atoms with E-state index in [1.807, 2.05) is 28.8 Å². The summed E-state index contributed by atoms with van der Waals surface area (Å²) < 4.78 is 1.98. The standard InChI is InChI=1S/C27H26N8O/c28-24-21(4-2-11-30-24)25-33-23-10-9-22(20-3-1-12-31-27(20)36)32-26(23)35(25)19-7-5-18(6-8-19)17-34-15-13-29-14-16-34/h1-12,29H,13-17H2,(H2,28,30)(H,31,36). The normalized spacial score (nSPS) is 14.3. The molecule has 0 bridgehead atoms. The van der Waals surface area contributed by atoms with Crippen LogP contribution in [-0.4, -0.2) is 55.6 Å². The third-order valence-corrected chi connectivity index (χ3v) is 6.49. The summed E-state index contributed by atoms with van der Waals surface area (Å²) >= 11 is 0. The molecule has 1 aromatic carbocycles. The number of hydrogen-bond acceptors (Lipinski definition) is 7. The van der Waals surface area contributed by atoms with Crippen molar-refractivity contribution in [3.63, 3.8) is 0 Å². The van der Waals surface area contributed by atoms with Gasteiger partial charge in [0, 0.05) is 50.8 Å². The number of nitrogens with two attached hydrogens (primary N) is 1. The summed E-state index contributed by atoms with van der Waals surface area (Å²) in [7, 11) is 0. The fourth-order valence-corrected chi connectivity index (χ4v) is 4.64. The maximum Gasteiger partial charge on any atom is 0.257 e. The van der Waals surface area contributed by atoms with Gasteiger partial charge in [0.1, 0.15) is 11.3 Å². The van der Waals surface area contributed by atoms with Gasteiger partial charge in [0.15, 0.2) is 11.5 Å². The van der Waals surface area contributed by atoms with E-state index in [1.165, 1.54) is 5.56 Å². The van der Waals surface area contributed by atoms with Gasteiger partial charge >= 0.3 is 0 Å². The molecule has 0 spiro atoms. The maximum atomic E-state index is 12.4. The zero-order valence-corrected chi connectivity index (χ0v) is 19.7. The van der Waals surface area contributed by atoms with E-state index in [-0.39, 0.29) is 5.56 Å². The minimum Gasteiger partial charge on any atom is -0.383 e. The summed E-state index contributed by atoms with van der Waals surface area (Å²) in [4.78, 5) is 31.6. The van der Waals surface area contributed by atoms with Crippen LogP contribution in [0.3, 0.4) is 0 Å². The fourth-order valence-electron chi connectivity index (χ4n) is 4.64. The van der Waals surface area contributed by atoms with Crippen LogP contribution >= 0.6 is 0 Å². The molecule has 1 saturated heterocycles. The first-order valence-corrected chi connectivity index (χ1v) is 12.0. The van der Waals surface area contributed by atoms with Crippen LogP contribution in [0.5, 0.6) is 0 Å². The predicted octanol–water partition coefficient (Wildman–Crippen LogP) is 2.83. The smallest absolute Gasteiger partial charge is 0.257 e. The van der Waals surface area contributed by atoms with Crippen molar-refractivity contribution in [3.05, 3.63) is 89.0 Å². The average molecular weight is 479 g/mol. The molecular weight excluding hydrogens is 452 g/mol. The number of benzene rings is 1. The molecule has 4 N–H and O–H groups in total. The number of nitrogens with one attached hydrogen (secondary N) is 2. The molecule has 0 saturated carbocycles. The van der Waals surface area contributed by atoms with Gasteiger partial charge in [0.2, 0.25) is 0 Å². The Labute approximate surface area is 207 Å². The quantitative estimate of drug-likeness (QED) is 0.356. The molecule has 5 heterocycles. The molecule has 180 valence electrons. The highest BCUT2D eigenvalue weighted by Gasteiger charge is 2.19. The first kappa shape index (κ1) is 22.1. The van der Waals surface area contributed by atoms with E-state index < -0.39 is 0 Å². The van der Waals surface area contributed by atoms with E-state index >= 15 is 0 Å². The molecule has 6 rings (SSSR count). The highest BCUT2D eigenvalue weighted by molar-refractivity contribution is 5.84. The predicted molar refractivity (Wildman–Crippen MR) is 141 cm³/mol. The summed E-state index contributed by atoms with van der Waals surface area (Å²) in [5.74, 6) is 1.04. The van der Waals surface area contributed by atoms with Crippen molar-refractivity contribution < 1.29 is 0 Å². The van der Waals surface area contributed by atoms with Gasteiger partial charge in [0.05, 0.1) is 16.8 Å². The minimum absolute atomic E-state index is 0.190. The summed E-state index contributed by atoms with van der Waals surface area (Å²) in [5, 5.41) is 3.40. The topological polar surface area (TPSA) is 118 Å². The highest BCUT2D eigenvalue weighted by atomic mass is 16.1. The van der Waals surface area contributed by atoms with Crippen LogP contribution in [0.25, 0.3) is 39.5 Å². The van der Waals surface area contributed by atoms with E-state index in [0.717, 1.165) is 44.0 Å². The third kappa shape index (κ3) is 4.15. The Morgan fingerprint density at radius 2 is 1.72 bits per heavy atom. The molecule has 5 aromatic rings. The van der Waals surface area contributed by atoms with Crippen LogP contribution in [0.4, 0.5) is 5.82 Å².